The fourth-order valence-corrected chi connectivity index (χ4v) is 4.78. The van der Waals surface area contributed by atoms with Crippen molar-refractivity contribution >= 4 is 56.5 Å². The molecule has 0 saturated heterocycles. The molecule has 4 aromatic carbocycles. The molecule has 1 N–H and O–H groups in total. The van der Waals surface area contributed by atoms with E-state index in [1.807, 2.05) is 66.0 Å². The first-order chi connectivity index (χ1) is 20.5. The Labute approximate surface area is 243 Å². The molecule has 0 aliphatic carbocycles. The highest BCUT2D eigenvalue weighted by Gasteiger charge is 2.36. The molecule has 0 saturated carbocycles. The number of amides is 1. The van der Waals surface area contributed by atoms with Crippen LogP contribution in [0.15, 0.2) is 135 Å². The number of nitrogens with zero attached hydrogens (tertiary/aromatic N) is 7. The molecular weight excluding hydrogens is 552 g/mol. The third-order valence-corrected chi connectivity index (χ3v) is 6.93. The van der Waals surface area contributed by atoms with E-state index in [1.165, 1.54) is 40.6 Å². The van der Waals surface area contributed by atoms with Crippen molar-refractivity contribution in [2.75, 3.05) is 10.4 Å². The number of anilines is 2. The quantitative estimate of drug-likeness (QED) is 0.118. The molecule has 0 fully saturated rings. The summed E-state index contributed by atoms with van der Waals surface area (Å²) in [7, 11) is 0. The second kappa shape index (κ2) is 11.7. The lowest BCUT2D eigenvalue weighted by Crippen LogP contribution is -2.28. The van der Waals surface area contributed by atoms with Crippen molar-refractivity contribution in [2.45, 2.75) is 0 Å². The predicted molar refractivity (Wildman–Crippen MR) is 163 cm³/mol. The number of nitro benzene ring substituents is 1. The van der Waals surface area contributed by atoms with Gasteiger partial charge in [-0.1, -0.05) is 48.5 Å². The molecule has 204 valence electrons. The molecule has 0 bridgehead atoms. The van der Waals surface area contributed by atoms with E-state index in [4.69, 9.17) is 0 Å². The average molecular weight is 573 g/mol. The number of nitrogens with one attached hydrogen (secondary N) is 1. The van der Waals surface area contributed by atoms with Crippen molar-refractivity contribution in [1.82, 2.24) is 4.98 Å². The average Bonchev–Trinajstić information content (AvgIpc) is 3.65. The van der Waals surface area contributed by atoms with E-state index in [1.54, 1.807) is 24.3 Å². The number of rotatable bonds is 8. The molecule has 0 unspecified atom stereocenters. The van der Waals surface area contributed by atoms with Crippen LogP contribution in [0.4, 0.5) is 27.9 Å². The zero-order valence-corrected chi connectivity index (χ0v) is 22.5. The van der Waals surface area contributed by atoms with Crippen LogP contribution in [0.25, 0.3) is 11.3 Å². The number of carbonyl (C=O) groups is 1. The number of hydrogen-bond donors (Lipinski definition) is 1. The Morgan fingerprint density at radius 2 is 1.43 bits per heavy atom. The van der Waals surface area contributed by atoms with E-state index in [0.717, 1.165) is 11.3 Å². The third kappa shape index (κ3) is 5.69. The minimum atomic E-state index is -0.488. The first-order valence-corrected chi connectivity index (χ1v) is 13.5. The summed E-state index contributed by atoms with van der Waals surface area (Å²) in [5, 5.41) is 31.9. The molecule has 12 heteroatoms. The number of hydrazone groups is 2. The largest absolute Gasteiger partial charge is 0.303 e. The maximum Gasteiger partial charge on any atom is 0.303 e. The standard InChI is InChI=1S/C30H20N8O3S/c39-29-28(35-34-24-15-13-23(14-16-24)33-32-22-9-5-2-6-10-22)27(21-11-17-25(18-12-21)38(40)41)36-37(29)30-31-26(19-42-30)20-7-3-1-4-8-20/h1-19,34H. The van der Waals surface area contributed by atoms with E-state index in [9.17, 15) is 14.9 Å². The summed E-state index contributed by atoms with van der Waals surface area (Å²) >= 11 is 1.27. The van der Waals surface area contributed by atoms with Gasteiger partial charge in [-0.2, -0.15) is 25.4 Å². The minimum Gasteiger partial charge on any atom is -0.278 e. The molecule has 0 radical (unpaired) electrons. The van der Waals surface area contributed by atoms with Crippen LogP contribution in [0, 0.1) is 10.1 Å². The molecule has 11 nitrogen and oxygen atoms in total. The summed E-state index contributed by atoms with van der Waals surface area (Å²) in [6.45, 7) is 0. The normalized spacial score (nSPS) is 14.0. The van der Waals surface area contributed by atoms with Gasteiger partial charge in [0, 0.05) is 28.6 Å². The van der Waals surface area contributed by atoms with E-state index in [0.29, 0.717) is 27.8 Å². The first kappa shape index (κ1) is 26.3. The van der Waals surface area contributed by atoms with Crippen molar-refractivity contribution in [1.29, 1.82) is 0 Å². The Balaban J connectivity index is 1.27. The smallest absolute Gasteiger partial charge is 0.278 e. The summed E-state index contributed by atoms with van der Waals surface area (Å²) in [5.41, 5.74) is 7.24. The lowest BCUT2D eigenvalue weighted by Gasteiger charge is -2.06. The lowest BCUT2D eigenvalue weighted by atomic mass is 10.1. The zero-order chi connectivity index (χ0) is 28.9. The zero-order valence-electron chi connectivity index (χ0n) is 21.7. The monoisotopic (exact) mass is 572 g/mol. The van der Waals surface area contributed by atoms with Gasteiger partial charge in [0.15, 0.2) is 5.71 Å². The molecule has 5 aromatic rings. The topological polar surface area (TPSA) is 138 Å². The van der Waals surface area contributed by atoms with Crippen molar-refractivity contribution in [3.05, 3.63) is 130 Å². The Morgan fingerprint density at radius 3 is 2.10 bits per heavy atom. The molecule has 1 amide bonds. The number of thiazole rings is 1. The second-order valence-electron chi connectivity index (χ2n) is 8.91. The molecule has 6 rings (SSSR count). The van der Waals surface area contributed by atoms with Crippen LogP contribution in [0.1, 0.15) is 5.56 Å². The molecule has 0 atom stereocenters. The second-order valence-corrected chi connectivity index (χ2v) is 9.74. The van der Waals surface area contributed by atoms with E-state index < -0.39 is 10.8 Å². The van der Waals surface area contributed by atoms with Crippen molar-refractivity contribution < 1.29 is 9.72 Å². The fraction of sp³-hybridized carbons (Fsp3) is 0. The highest BCUT2D eigenvalue weighted by molar-refractivity contribution is 7.14. The van der Waals surface area contributed by atoms with Crippen LogP contribution in [0.2, 0.25) is 0 Å². The van der Waals surface area contributed by atoms with Gasteiger partial charge in [-0.15, -0.1) is 11.3 Å². The van der Waals surface area contributed by atoms with Crippen LogP contribution < -0.4 is 10.4 Å². The molecule has 1 aliphatic rings. The summed E-state index contributed by atoms with van der Waals surface area (Å²) in [4.78, 5) is 28.9. The Hall–Kier alpha value is -5.88. The summed E-state index contributed by atoms with van der Waals surface area (Å²) in [6, 6.07) is 31.8. The molecular formula is C30H20N8O3S. The van der Waals surface area contributed by atoms with Gasteiger partial charge < -0.3 is 0 Å². The molecule has 1 aromatic heterocycles. The van der Waals surface area contributed by atoms with Crippen molar-refractivity contribution in [2.24, 2.45) is 20.4 Å². The fourth-order valence-electron chi connectivity index (χ4n) is 4.00. The Kier molecular flexibility index (Phi) is 7.34. The van der Waals surface area contributed by atoms with Crippen molar-refractivity contribution in [3.63, 3.8) is 0 Å². The van der Waals surface area contributed by atoms with E-state index in [-0.39, 0.29) is 17.1 Å². The number of aromatic nitrogens is 1. The van der Waals surface area contributed by atoms with Crippen molar-refractivity contribution in [3.8, 4) is 11.3 Å². The van der Waals surface area contributed by atoms with Gasteiger partial charge in [0.25, 0.3) is 5.69 Å². The number of carbonyl (C=O) groups excluding carboxylic acids is 1. The van der Waals surface area contributed by atoms with Gasteiger partial charge in [-0.25, -0.2) is 4.98 Å². The van der Waals surface area contributed by atoms with Gasteiger partial charge >= 0.3 is 5.91 Å². The highest BCUT2D eigenvalue weighted by atomic mass is 32.1. The van der Waals surface area contributed by atoms with Gasteiger partial charge in [0.2, 0.25) is 5.13 Å². The van der Waals surface area contributed by atoms with E-state index >= 15 is 0 Å². The van der Waals surface area contributed by atoms with E-state index in [2.05, 4.69) is 30.8 Å². The SMILES string of the molecule is O=C1C(=NNc2ccc(N=Nc3ccccc3)cc2)C(c2ccc([N+](=O)[O-])cc2)=NN1c1nc(-c2ccccc2)cs1. The molecule has 2 heterocycles. The third-order valence-electron chi connectivity index (χ3n) is 6.11. The van der Waals surface area contributed by atoms with Gasteiger partial charge in [0.05, 0.1) is 27.7 Å². The summed E-state index contributed by atoms with van der Waals surface area (Å²) in [6.07, 6.45) is 0. The number of hydrogen-bond acceptors (Lipinski definition) is 10. The number of benzene rings is 4. The predicted octanol–water partition coefficient (Wildman–Crippen LogP) is 7.35. The van der Waals surface area contributed by atoms with Crippen LogP contribution in [0.3, 0.4) is 0 Å². The Morgan fingerprint density at radius 1 is 0.786 bits per heavy atom. The van der Waals surface area contributed by atoms with Crippen LogP contribution in [0.5, 0.6) is 0 Å². The maximum atomic E-state index is 13.6. The number of nitro groups is 1. The van der Waals surface area contributed by atoms with Gasteiger partial charge in [0.1, 0.15) is 5.71 Å². The van der Waals surface area contributed by atoms with Crippen LogP contribution in [-0.2, 0) is 4.79 Å². The highest BCUT2D eigenvalue weighted by Crippen LogP contribution is 2.30. The molecule has 0 spiro atoms. The molecule has 42 heavy (non-hydrogen) atoms. The lowest BCUT2D eigenvalue weighted by molar-refractivity contribution is -0.384. The Bertz CT molecular complexity index is 1840. The summed E-state index contributed by atoms with van der Waals surface area (Å²) < 4.78 is 0. The van der Waals surface area contributed by atoms with Gasteiger partial charge in [-0.05, 0) is 48.5 Å². The number of azo groups is 1. The minimum absolute atomic E-state index is 0.0353. The summed E-state index contributed by atoms with van der Waals surface area (Å²) in [5.74, 6) is -0.488. The van der Waals surface area contributed by atoms with Gasteiger partial charge in [-0.3, -0.25) is 20.3 Å². The molecule has 1 aliphatic heterocycles. The van der Waals surface area contributed by atoms with Crippen LogP contribution in [-0.4, -0.2) is 27.2 Å². The first-order valence-electron chi connectivity index (χ1n) is 12.6. The maximum absolute atomic E-state index is 13.6. The number of non-ortho nitro benzene ring substituents is 1. The van der Waals surface area contributed by atoms with Crippen LogP contribution >= 0.6 is 11.3 Å².